The lowest BCUT2D eigenvalue weighted by Gasteiger charge is -2.12. The van der Waals surface area contributed by atoms with Crippen molar-refractivity contribution < 1.29 is 9.59 Å². The normalized spacial score (nSPS) is 10.6. The number of rotatable bonds is 6. The Balaban J connectivity index is 1.75. The maximum atomic E-state index is 12.6. The molecule has 0 fully saturated rings. The molecule has 8 nitrogen and oxygen atoms in total. The highest BCUT2D eigenvalue weighted by Gasteiger charge is 2.16. The largest absolute Gasteiger partial charge is 0.325 e. The van der Waals surface area contributed by atoms with Crippen LogP contribution in [-0.2, 0) is 9.59 Å². The van der Waals surface area contributed by atoms with Crippen LogP contribution in [0.25, 0.3) is 11.3 Å². The molecule has 3 rings (SSSR count). The summed E-state index contributed by atoms with van der Waals surface area (Å²) in [6, 6.07) is 11.1. The fourth-order valence-electron chi connectivity index (χ4n) is 3.09. The number of benzene rings is 2. The molecule has 1 aromatic heterocycles. The van der Waals surface area contributed by atoms with Crippen LogP contribution >= 0.6 is 11.8 Å². The third-order valence-corrected chi connectivity index (χ3v) is 5.45. The van der Waals surface area contributed by atoms with Gasteiger partial charge in [-0.15, -0.1) is 10.2 Å². The minimum Gasteiger partial charge on any atom is -0.325 e. The van der Waals surface area contributed by atoms with Gasteiger partial charge in [0.2, 0.25) is 11.8 Å². The summed E-state index contributed by atoms with van der Waals surface area (Å²) in [5, 5.41) is 14.0. The van der Waals surface area contributed by atoms with Crippen LogP contribution in [0.5, 0.6) is 0 Å². The molecule has 0 saturated carbocycles. The van der Waals surface area contributed by atoms with Crippen LogP contribution < -0.4 is 16.2 Å². The summed E-state index contributed by atoms with van der Waals surface area (Å²) >= 11 is 1.08. The van der Waals surface area contributed by atoms with Crippen molar-refractivity contribution in [2.75, 3.05) is 16.4 Å². The maximum absolute atomic E-state index is 12.6. The smallest absolute Gasteiger partial charge is 0.278 e. The molecule has 0 aliphatic rings. The molecule has 0 aliphatic heterocycles. The zero-order valence-corrected chi connectivity index (χ0v) is 18.5. The summed E-state index contributed by atoms with van der Waals surface area (Å²) in [6.45, 7) is 7.08. The highest BCUT2D eigenvalue weighted by atomic mass is 32.2. The van der Waals surface area contributed by atoms with Gasteiger partial charge < -0.3 is 10.6 Å². The van der Waals surface area contributed by atoms with Crippen LogP contribution in [0.4, 0.5) is 11.4 Å². The Morgan fingerprint density at radius 1 is 0.935 bits per heavy atom. The minimum atomic E-state index is -0.454. The Bertz CT molecular complexity index is 1190. The van der Waals surface area contributed by atoms with Gasteiger partial charge in [0, 0.05) is 18.2 Å². The lowest BCUT2D eigenvalue weighted by Crippen LogP contribution is -2.18. The van der Waals surface area contributed by atoms with Crippen LogP contribution in [0.15, 0.2) is 46.3 Å². The molecule has 0 aliphatic carbocycles. The van der Waals surface area contributed by atoms with Gasteiger partial charge in [-0.25, -0.2) is 0 Å². The first-order valence-electron chi connectivity index (χ1n) is 9.59. The summed E-state index contributed by atoms with van der Waals surface area (Å²) in [4.78, 5) is 39.2. The number of H-pyrrole nitrogens is 1. The topological polar surface area (TPSA) is 117 Å². The van der Waals surface area contributed by atoms with E-state index in [9.17, 15) is 14.4 Å². The van der Waals surface area contributed by atoms with Crippen LogP contribution in [0, 0.1) is 20.8 Å². The van der Waals surface area contributed by atoms with Gasteiger partial charge in [-0.3, -0.25) is 19.4 Å². The van der Waals surface area contributed by atoms with Gasteiger partial charge in [-0.2, -0.15) is 0 Å². The average molecular weight is 438 g/mol. The number of aromatic nitrogens is 3. The van der Waals surface area contributed by atoms with Crippen molar-refractivity contribution in [3.63, 3.8) is 0 Å². The number of nitrogens with zero attached hydrogens (tertiary/aromatic N) is 2. The fourth-order valence-corrected chi connectivity index (χ4v) is 3.69. The molecule has 1 heterocycles. The first-order chi connectivity index (χ1) is 14.8. The van der Waals surface area contributed by atoms with Gasteiger partial charge in [-0.1, -0.05) is 48.2 Å². The van der Waals surface area contributed by atoms with Crippen molar-refractivity contribution in [2.24, 2.45) is 0 Å². The molecule has 0 atom stereocenters. The van der Waals surface area contributed by atoms with Crippen LogP contribution in [0.1, 0.15) is 23.6 Å². The number of thioether (sulfide) groups is 1. The monoisotopic (exact) mass is 437 g/mol. The molecule has 3 aromatic rings. The average Bonchev–Trinajstić information content (AvgIpc) is 2.71. The summed E-state index contributed by atoms with van der Waals surface area (Å²) in [5.41, 5.74) is 4.18. The molecule has 0 saturated heterocycles. The molecule has 2 aromatic carbocycles. The SMILES string of the molecule is CC(=O)Nc1c(C)cccc1-c1nnc(SCC(=O)Nc2c(C)cccc2C)[nH]c1=O. The molecule has 160 valence electrons. The minimum absolute atomic E-state index is 0.0688. The van der Waals surface area contributed by atoms with Gasteiger partial charge in [0.05, 0.1) is 11.4 Å². The molecule has 0 radical (unpaired) electrons. The molecule has 0 spiro atoms. The third kappa shape index (κ3) is 5.37. The van der Waals surface area contributed by atoms with E-state index in [1.165, 1.54) is 6.92 Å². The van der Waals surface area contributed by atoms with E-state index in [1.54, 1.807) is 12.1 Å². The van der Waals surface area contributed by atoms with Crippen molar-refractivity contribution in [3.05, 3.63) is 63.4 Å². The number of anilines is 2. The number of para-hydroxylation sites is 2. The van der Waals surface area contributed by atoms with Crippen molar-refractivity contribution in [1.29, 1.82) is 0 Å². The number of aromatic amines is 1. The Hall–Kier alpha value is -3.46. The molecule has 31 heavy (non-hydrogen) atoms. The van der Waals surface area contributed by atoms with E-state index in [0.29, 0.717) is 11.3 Å². The van der Waals surface area contributed by atoms with E-state index in [0.717, 1.165) is 34.1 Å². The molecule has 0 bridgehead atoms. The van der Waals surface area contributed by atoms with Crippen molar-refractivity contribution in [2.45, 2.75) is 32.9 Å². The second-order valence-electron chi connectivity index (χ2n) is 7.09. The highest BCUT2D eigenvalue weighted by Crippen LogP contribution is 2.27. The highest BCUT2D eigenvalue weighted by molar-refractivity contribution is 7.99. The fraction of sp³-hybridized carbons (Fsp3) is 0.227. The van der Waals surface area contributed by atoms with Crippen molar-refractivity contribution in [3.8, 4) is 11.3 Å². The van der Waals surface area contributed by atoms with Crippen LogP contribution in [0.3, 0.4) is 0 Å². The number of hydrogen-bond acceptors (Lipinski definition) is 6. The number of nitrogens with one attached hydrogen (secondary N) is 3. The lowest BCUT2D eigenvalue weighted by atomic mass is 10.1. The summed E-state index contributed by atoms with van der Waals surface area (Å²) < 4.78 is 0. The zero-order chi connectivity index (χ0) is 22.5. The second kappa shape index (κ2) is 9.57. The first kappa shape index (κ1) is 22.2. The molecular weight excluding hydrogens is 414 g/mol. The van der Waals surface area contributed by atoms with Crippen LogP contribution in [0.2, 0.25) is 0 Å². The molecule has 0 unspecified atom stereocenters. The number of amides is 2. The zero-order valence-electron chi connectivity index (χ0n) is 17.7. The van der Waals surface area contributed by atoms with E-state index in [2.05, 4.69) is 25.8 Å². The Morgan fingerprint density at radius 3 is 2.16 bits per heavy atom. The van der Waals surface area contributed by atoms with E-state index in [1.807, 2.05) is 45.0 Å². The van der Waals surface area contributed by atoms with Gasteiger partial charge in [0.15, 0.2) is 10.9 Å². The quantitative estimate of drug-likeness (QED) is 0.509. The second-order valence-corrected chi connectivity index (χ2v) is 8.05. The predicted molar refractivity (Wildman–Crippen MR) is 122 cm³/mol. The summed E-state index contributed by atoms with van der Waals surface area (Å²) in [5.74, 6) is -0.387. The van der Waals surface area contributed by atoms with Gasteiger partial charge in [0.25, 0.3) is 5.56 Å². The van der Waals surface area contributed by atoms with E-state index < -0.39 is 5.56 Å². The molecule has 2 amide bonds. The maximum Gasteiger partial charge on any atom is 0.278 e. The first-order valence-corrected chi connectivity index (χ1v) is 10.6. The summed E-state index contributed by atoms with van der Waals surface area (Å²) in [6.07, 6.45) is 0. The number of hydrogen-bond donors (Lipinski definition) is 3. The molecular formula is C22H23N5O3S. The number of carbonyl (C=O) groups is 2. The Morgan fingerprint density at radius 2 is 1.55 bits per heavy atom. The van der Waals surface area contributed by atoms with Gasteiger partial charge >= 0.3 is 0 Å². The van der Waals surface area contributed by atoms with E-state index in [-0.39, 0.29) is 28.4 Å². The van der Waals surface area contributed by atoms with Gasteiger partial charge in [0.1, 0.15) is 0 Å². The van der Waals surface area contributed by atoms with Crippen LogP contribution in [-0.4, -0.2) is 32.7 Å². The van der Waals surface area contributed by atoms with Crippen molar-refractivity contribution in [1.82, 2.24) is 15.2 Å². The van der Waals surface area contributed by atoms with E-state index in [4.69, 9.17) is 0 Å². The Labute approximate surface area is 183 Å². The third-order valence-electron chi connectivity index (χ3n) is 4.59. The lowest BCUT2D eigenvalue weighted by molar-refractivity contribution is -0.114. The summed E-state index contributed by atoms with van der Waals surface area (Å²) in [7, 11) is 0. The number of carbonyl (C=O) groups excluding carboxylic acids is 2. The molecule has 3 N–H and O–H groups in total. The van der Waals surface area contributed by atoms with Gasteiger partial charge in [-0.05, 0) is 37.5 Å². The number of aryl methyl sites for hydroxylation is 3. The standard InChI is InChI=1S/C22H23N5O3S/c1-12-7-5-8-13(2)18(12)24-17(29)11-31-22-25-21(30)20(26-27-22)16-10-6-9-14(3)19(16)23-15(4)28/h5-10H,11H2,1-4H3,(H,23,28)(H,24,29)(H,25,27,30). The molecule has 9 heteroatoms. The predicted octanol–water partition coefficient (Wildman–Crippen LogP) is 3.45. The Kier molecular flexibility index (Phi) is 6.86. The van der Waals surface area contributed by atoms with Crippen molar-refractivity contribution >= 4 is 35.0 Å². The van der Waals surface area contributed by atoms with E-state index >= 15 is 0 Å².